The molecule has 0 bridgehead atoms. The Morgan fingerprint density at radius 1 is 1.33 bits per heavy atom. The van der Waals surface area contributed by atoms with Crippen molar-refractivity contribution in [3.8, 4) is 11.5 Å². The van der Waals surface area contributed by atoms with Crippen LogP contribution in [-0.4, -0.2) is 24.4 Å². The van der Waals surface area contributed by atoms with Crippen molar-refractivity contribution in [1.29, 1.82) is 0 Å². The standard InChI is InChI=1S/C11H15BrO3/c1-11(2,7-13)15-9-5-4-8(12)6-10(9)14-3/h4-6,13H,7H2,1-3H3. The molecule has 1 rings (SSSR count). The molecule has 0 atom stereocenters. The molecular weight excluding hydrogens is 260 g/mol. The van der Waals surface area contributed by atoms with E-state index in [-0.39, 0.29) is 6.61 Å². The van der Waals surface area contributed by atoms with Crippen molar-refractivity contribution in [2.24, 2.45) is 0 Å². The van der Waals surface area contributed by atoms with Crippen LogP contribution in [0, 0.1) is 0 Å². The first-order valence-electron chi connectivity index (χ1n) is 4.62. The van der Waals surface area contributed by atoms with Gasteiger partial charge in [-0.25, -0.2) is 0 Å². The van der Waals surface area contributed by atoms with Crippen LogP contribution < -0.4 is 9.47 Å². The van der Waals surface area contributed by atoms with Crippen molar-refractivity contribution in [3.05, 3.63) is 22.7 Å². The van der Waals surface area contributed by atoms with E-state index in [4.69, 9.17) is 14.6 Å². The lowest BCUT2D eigenvalue weighted by Crippen LogP contribution is -2.32. The van der Waals surface area contributed by atoms with Crippen LogP contribution in [0.2, 0.25) is 0 Å². The van der Waals surface area contributed by atoms with E-state index in [1.54, 1.807) is 13.2 Å². The van der Waals surface area contributed by atoms with Crippen LogP contribution in [0.25, 0.3) is 0 Å². The summed E-state index contributed by atoms with van der Waals surface area (Å²) in [6.45, 7) is 3.58. The van der Waals surface area contributed by atoms with E-state index in [0.29, 0.717) is 11.5 Å². The highest BCUT2D eigenvalue weighted by molar-refractivity contribution is 9.10. The van der Waals surface area contributed by atoms with Gasteiger partial charge in [-0.15, -0.1) is 0 Å². The van der Waals surface area contributed by atoms with Crippen molar-refractivity contribution in [1.82, 2.24) is 0 Å². The molecule has 4 heteroatoms. The fraction of sp³-hybridized carbons (Fsp3) is 0.455. The average Bonchev–Trinajstić information content (AvgIpc) is 2.20. The predicted molar refractivity (Wildman–Crippen MR) is 62.5 cm³/mol. The van der Waals surface area contributed by atoms with Gasteiger partial charge in [0.25, 0.3) is 0 Å². The summed E-state index contributed by atoms with van der Waals surface area (Å²) in [4.78, 5) is 0. The highest BCUT2D eigenvalue weighted by Gasteiger charge is 2.20. The molecule has 0 aliphatic rings. The molecule has 0 saturated heterocycles. The minimum absolute atomic E-state index is 0.0494. The van der Waals surface area contributed by atoms with Crippen LogP contribution in [-0.2, 0) is 0 Å². The molecule has 0 heterocycles. The first kappa shape index (κ1) is 12.3. The third kappa shape index (κ3) is 3.39. The highest BCUT2D eigenvalue weighted by Crippen LogP contribution is 2.32. The Kier molecular flexibility index (Phi) is 3.99. The molecule has 0 aliphatic heterocycles. The number of halogens is 1. The number of rotatable bonds is 4. The van der Waals surface area contributed by atoms with Gasteiger partial charge in [0.15, 0.2) is 11.5 Å². The van der Waals surface area contributed by atoms with Crippen LogP contribution in [0.1, 0.15) is 13.8 Å². The number of methoxy groups -OCH3 is 1. The Morgan fingerprint density at radius 2 is 2.00 bits per heavy atom. The number of ether oxygens (including phenoxy) is 2. The summed E-state index contributed by atoms with van der Waals surface area (Å²) >= 11 is 3.35. The van der Waals surface area contributed by atoms with Gasteiger partial charge in [-0.1, -0.05) is 15.9 Å². The van der Waals surface area contributed by atoms with Gasteiger partial charge in [0.1, 0.15) is 5.60 Å². The van der Waals surface area contributed by atoms with Crippen molar-refractivity contribution in [2.75, 3.05) is 13.7 Å². The zero-order chi connectivity index (χ0) is 11.5. The van der Waals surface area contributed by atoms with E-state index >= 15 is 0 Å². The lowest BCUT2D eigenvalue weighted by atomic mass is 10.1. The average molecular weight is 275 g/mol. The normalized spacial score (nSPS) is 11.3. The smallest absolute Gasteiger partial charge is 0.162 e. The maximum Gasteiger partial charge on any atom is 0.162 e. The van der Waals surface area contributed by atoms with Crippen LogP contribution in [0.3, 0.4) is 0 Å². The molecule has 84 valence electrons. The van der Waals surface area contributed by atoms with Crippen molar-refractivity contribution in [3.63, 3.8) is 0 Å². The van der Waals surface area contributed by atoms with E-state index in [0.717, 1.165) is 4.47 Å². The summed E-state index contributed by atoms with van der Waals surface area (Å²) in [6, 6.07) is 5.49. The topological polar surface area (TPSA) is 38.7 Å². The lowest BCUT2D eigenvalue weighted by molar-refractivity contribution is 0.0390. The zero-order valence-corrected chi connectivity index (χ0v) is 10.7. The zero-order valence-electron chi connectivity index (χ0n) is 9.08. The number of benzene rings is 1. The van der Waals surface area contributed by atoms with Crippen molar-refractivity contribution >= 4 is 15.9 Å². The monoisotopic (exact) mass is 274 g/mol. The maximum absolute atomic E-state index is 9.10. The number of hydrogen-bond acceptors (Lipinski definition) is 3. The minimum Gasteiger partial charge on any atom is -0.493 e. The molecule has 0 spiro atoms. The van der Waals surface area contributed by atoms with Gasteiger partial charge in [-0.05, 0) is 32.0 Å². The van der Waals surface area contributed by atoms with Gasteiger partial charge in [0.2, 0.25) is 0 Å². The number of aliphatic hydroxyl groups is 1. The van der Waals surface area contributed by atoms with Crippen LogP contribution >= 0.6 is 15.9 Å². The summed E-state index contributed by atoms with van der Waals surface area (Å²) < 4.78 is 11.7. The van der Waals surface area contributed by atoms with Crippen molar-refractivity contribution < 1.29 is 14.6 Å². The van der Waals surface area contributed by atoms with Crippen LogP contribution in [0.5, 0.6) is 11.5 Å². The molecule has 1 aromatic rings. The van der Waals surface area contributed by atoms with Gasteiger partial charge < -0.3 is 14.6 Å². The largest absolute Gasteiger partial charge is 0.493 e. The van der Waals surface area contributed by atoms with Crippen LogP contribution in [0.15, 0.2) is 22.7 Å². The van der Waals surface area contributed by atoms with Crippen LogP contribution in [0.4, 0.5) is 0 Å². The SMILES string of the molecule is COc1cc(Br)ccc1OC(C)(C)CO. The van der Waals surface area contributed by atoms with E-state index in [9.17, 15) is 0 Å². The molecule has 3 nitrogen and oxygen atoms in total. The summed E-state index contributed by atoms with van der Waals surface area (Å²) in [5.74, 6) is 1.27. The Labute approximate surface area is 98.1 Å². The highest BCUT2D eigenvalue weighted by atomic mass is 79.9. The molecule has 15 heavy (non-hydrogen) atoms. The quantitative estimate of drug-likeness (QED) is 0.918. The third-order valence-electron chi connectivity index (χ3n) is 1.89. The molecule has 0 unspecified atom stereocenters. The van der Waals surface area contributed by atoms with E-state index in [1.165, 1.54) is 0 Å². The molecule has 0 amide bonds. The molecule has 1 aromatic carbocycles. The Hall–Kier alpha value is -0.740. The van der Waals surface area contributed by atoms with Gasteiger partial charge in [-0.2, -0.15) is 0 Å². The molecular formula is C11H15BrO3. The van der Waals surface area contributed by atoms with Crippen molar-refractivity contribution in [2.45, 2.75) is 19.4 Å². The predicted octanol–water partition coefficient (Wildman–Crippen LogP) is 2.61. The molecule has 0 saturated carbocycles. The van der Waals surface area contributed by atoms with E-state index < -0.39 is 5.60 Å². The summed E-state index contributed by atoms with van der Waals surface area (Å²) in [7, 11) is 1.58. The second-order valence-corrected chi connectivity index (χ2v) is 4.73. The molecule has 0 aromatic heterocycles. The maximum atomic E-state index is 9.10. The van der Waals surface area contributed by atoms with E-state index in [1.807, 2.05) is 26.0 Å². The fourth-order valence-electron chi connectivity index (χ4n) is 1.06. The number of aliphatic hydroxyl groups excluding tert-OH is 1. The second kappa shape index (κ2) is 4.86. The fourth-order valence-corrected chi connectivity index (χ4v) is 1.40. The summed E-state index contributed by atoms with van der Waals surface area (Å²) in [5, 5.41) is 9.10. The summed E-state index contributed by atoms with van der Waals surface area (Å²) in [5.41, 5.74) is -0.610. The summed E-state index contributed by atoms with van der Waals surface area (Å²) in [6.07, 6.45) is 0. The van der Waals surface area contributed by atoms with Gasteiger partial charge in [0, 0.05) is 4.47 Å². The van der Waals surface area contributed by atoms with Gasteiger partial charge in [0.05, 0.1) is 13.7 Å². The Bertz CT molecular complexity index is 337. The van der Waals surface area contributed by atoms with Gasteiger partial charge in [-0.3, -0.25) is 0 Å². The first-order valence-corrected chi connectivity index (χ1v) is 5.41. The second-order valence-electron chi connectivity index (χ2n) is 3.82. The number of hydrogen-bond donors (Lipinski definition) is 1. The third-order valence-corrected chi connectivity index (χ3v) is 2.39. The Morgan fingerprint density at radius 3 is 2.53 bits per heavy atom. The van der Waals surface area contributed by atoms with Gasteiger partial charge >= 0.3 is 0 Å². The van der Waals surface area contributed by atoms with E-state index in [2.05, 4.69) is 15.9 Å². The molecule has 1 N–H and O–H groups in total. The first-order chi connectivity index (χ1) is 6.98. The molecule has 0 fully saturated rings. The Balaban J connectivity index is 2.94. The minimum atomic E-state index is -0.610. The lowest BCUT2D eigenvalue weighted by Gasteiger charge is -2.25. The molecule has 0 aliphatic carbocycles. The molecule has 0 radical (unpaired) electrons.